The first kappa shape index (κ1) is 21.1. The molecule has 107 valence electrons. The van der Waals surface area contributed by atoms with Crippen molar-refractivity contribution in [3.8, 4) is 0 Å². The van der Waals surface area contributed by atoms with Crippen LogP contribution in [0.1, 0.15) is 19.8 Å². The van der Waals surface area contributed by atoms with Crippen LogP contribution in [0.2, 0.25) is 0 Å². The van der Waals surface area contributed by atoms with E-state index in [9.17, 15) is 14.4 Å². The van der Waals surface area contributed by atoms with Gasteiger partial charge in [-0.25, -0.2) is 0 Å². The molecule has 2 amide bonds. The maximum absolute atomic E-state index is 11.1. The zero-order valence-corrected chi connectivity index (χ0v) is 13.8. The molecule has 0 radical (unpaired) electrons. The summed E-state index contributed by atoms with van der Waals surface area (Å²) in [4.78, 5) is 32.8. The van der Waals surface area contributed by atoms with E-state index in [2.05, 4.69) is 35.9 Å². The van der Waals surface area contributed by atoms with Crippen molar-refractivity contribution in [3.05, 3.63) is 10.6 Å². The monoisotopic (exact) mass is 387 g/mol. The Bertz CT molecular complexity index is 305. The van der Waals surface area contributed by atoms with Gasteiger partial charge in [-0.3, -0.25) is 0 Å². The summed E-state index contributed by atoms with van der Waals surface area (Å²) >= 11 is 9.99. The van der Waals surface area contributed by atoms with E-state index >= 15 is 0 Å². The molecule has 1 unspecified atom stereocenters. The third-order valence-corrected chi connectivity index (χ3v) is 2.38. The zero-order valence-electron chi connectivity index (χ0n) is 10.3. The predicted molar refractivity (Wildman–Crippen MR) is 70.5 cm³/mol. The van der Waals surface area contributed by atoms with Crippen molar-refractivity contribution < 1.29 is 36.7 Å². The molecule has 0 saturated carbocycles. The summed E-state index contributed by atoms with van der Waals surface area (Å²) in [5.41, 5.74) is 0. The molecule has 0 aliphatic carbocycles. The van der Waals surface area contributed by atoms with Crippen LogP contribution in [-0.4, -0.2) is 41.7 Å². The summed E-state index contributed by atoms with van der Waals surface area (Å²) in [6.07, 6.45) is 0.696. The Morgan fingerprint density at radius 3 is 2.05 bits per heavy atom. The van der Waals surface area contributed by atoms with Gasteiger partial charge in [0, 0.05) is 18.2 Å². The number of Topliss-reactive ketones (excluding diaryl/α,β-unsaturated/α-hetero) is 1. The first-order valence-corrected chi connectivity index (χ1v) is 7.16. The van der Waals surface area contributed by atoms with Crippen molar-refractivity contribution in [2.45, 2.75) is 25.8 Å². The van der Waals surface area contributed by atoms with E-state index in [1.807, 2.05) is 0 Å². The van der Waals surface area contributed by atoms with Crippen molar-refractivity contribution in [1.82, 2.24) is 0 Å². The fourth-order valence-corrected chi connectivity index (χ4v) is 1.23. The van der Waals surface area contributed by atoms with Crippen LogP contribution >= 0.6 is 0 Å². The minimum atomic E-state index is -0.458. The molecule has 0 fully saturated rings. The van der Waals surface area contributed by atoms with E-state index in [0.717, 1.165) is 18.9 Å². The summed E-state index contributed by atoms with van der Waals surface area (Å²) < 4.78 is 8.22. The van der Waals surface area contributed by atoms with Crippen LogP contribution in [0.4, 0.5) is 0 Å². The van der Waals surface area contributed by atoms with Crippen molar-refractivity contribution in [2.75, 3.05) is 18.1 Å². The Morgan fingerprint density at radius 1 is 1.11 bits per heavy atom. The van der Waals surface area contributed by atoms with Gasteiger partial charge in [0.1, 0.15) is 5.78 Å². The van der Waals surface area contributed by atoms with Gasteiger partial charge in [-0.1, -0.05) is 6.42 Å². The Kier molecular flexibility index (Phi) is 15.7. The molecule has 0 aromatic carbocycles. The van der Waals surface area contributed by atoms with Gasteiger partial charge in [0.2, 0.25) is 0 Å². The van der Waals surface area contributed by atoms with Crippen LogP contribution in [0, 0.1) is 0 Å². The second kappa shape index (κ2) is 14.2. The van der Waals surface area contributed by atoms with Gasteiger partial charge >= 0.3 is 22.4 Å². The first-order valence-electron chi connectivity index (χ1n) is 5.24. The second-order valence-electron chi connectivity index (χ2n) is 3.44. The number of ketones is 1. The number of hydrogen-bond donors (Lipinski definition) is 0. The quantitative estimate of drug-likeness (QED) is 0.562. The van der Waals surface area contributed by atoms with Crippen molar-refractivity contribution in [3.63, 3.8) is 0 Å². The molecule has 0 rings (SSSR count). The molecule has 0 spiro atoms. The number of rotatable bonds is 8. The number of nitrogens with zero attached hydrogens (tertiary/aromatic N) is 2. The molecular weight excluding hydrogens is 374 g/mol. The van der Waals surface area contributed by atoms with Crippen LogP contribution in [0.25, 0.3) is 10.6 Å². The molecule has 0 aromatic heterocycles. The van der Waals surface area contributed by atoms with Crippen LogP contribution in [-0.2, 0) is 62.0 Å². The molecule has 0 heterocycles. The van der Waals surface area contributed by atoms with E-state index in [4.69, 9.17) is 3.50 Å². The fraction of sp³-hybridized carbons (Fsp3) is 0.700. The molecule has 6 nitrogen and oxygen atoms in total. The molecule has 0 bridgehead atoms. The third kappa shape index (κ3) is 14.0. The van der Waals surface area contributed by atoms with Crippen molar-refractivity contribution in [1.29, 1.82) is 0 Å². The topological polar surface area (TPSA) is 96.5 Å². The average Bonchev–Trinajstić information content (AvgIpc) is 2.43. The molecule has 9 heteroatoms. The van der Waals surface area contributed by atoms with Gasteiger partial charge in [-0.15, -0.1) is 24.1 Å². The van der Waals surface area contributed by atoms with Crippen molar-refractivity contribution in [2.24, 2.45) is 0 Å². The summed E-state index contributed by atoms with van der Waals surface area (Å²) in [6.45, 7) is 1.54. The van der Waals surface area contributed by atoms with E-state index in [1.165, 1.54) is 6.92 Å². The van der Waals surface area contributed by atoms with E-state index in [-0.39, 0.29) is 23.8 Å². The Hall–Kier alpha value is -0.241. The molecule has 19 heavy (non-hydrogen) atoms. The maximum atomic E-state index is 11.1. The normalized spacial score (nSPS) is 10.8. The van der Waals surface area contributed by atoms with Crippen LogP contribution in [0.5, 0.6) is 0 Å². The molecular formula is C10H14N2O4S2Tc. The second-order valence-corrected chi connectivity index (χ2v) is 4.02. The minimum absolute atomic E-state index is 0.00520. The summed E-state index contributed by atoms with van der Waals surface area (Å²) in [7, 11) is 0. The SMILES string of the molecule is CC(=O)CCC(C[N-]C(=O)C[S-])[N-]C(=O)C[S-].[O]=[Tc+4]. The van der Waals surface area contributed by atoms with Gasteiger partial charge in [0.05, 0.1) is 0 Å². The summed E-state index contributed by atoms with van der Waals surface area (Å²) in [5, 5.41) is 7.47. The average molecular weight is 388 g/mol. The van der Waals surface area contributed by atoms with Crippen LogP contribution < -0.4 is 0 Å². The summed E-state index contributed by atoms with van der Waals surface area (Å²) in [5.74, 6) is -1.02. The van der Waals surface area contributed by atoms with E-state index in [1.54, 1.807) is 0 Å². The first-order chi connectivity index (χ1) is 8.99. The van der Waals surface area contributed by atoms with E-state index in [0.29, 0.717) is 12.8 Å². The van der Waals surface area contributed by atoms with Gasteiger partial charge < -0.3 is 50.3 Å². The molecule has 0 aliphatic rings. The van der Waals surface area contributed by atoms with Gasteiger partial charge in [0.15, 0.2) is 0 Å². The molecule has 0 aliphatic heterocycles. The third-order valence-electron chi connectivity index (χ3n) is 1.88. The van der Waals surface area contributed by atoms with Crippen molar-refractivity contribution >= 4 is 42.9 Å². The van der Waals surface area contributed by atoms with E-state index < -0.39 is 17.9 Å². The number of amides is 2. The number of hydrogen-bond acceptors (Lipinski definition) is 6. The molecule has 1 atom stereocenters. The number of carbonyl (C=O) groups excluding carboxylic acids is 3. The fourth-order valence-electron chi connectivity index (χ4n) is 1.06. The Morgan fingerprint density at radius 2 is 1.63 bits per heavy atom. The Balaban J connectivity index is 0. The molecule has 0 saturated heterocycles. The Labute approximate surface area is 134 Å². The van der Waals surface area contributed by atoms with Gasteiger partial charge in [-0.05, 0) is 6.92 Å². The summed E-state index contributed by atoms with van der Waals surface area (Å²) in [6, 6.07) is -0.458. The molecule has 0 aromatic rings. The molecule has 0 N–H and O–H groups in total. The van der Waals surface area contributed by atoms with Gasteiger partial charge in [0.25, 0.3) is 0 Å². The van der Waals surface area contributed by atoms with Crippen LogP contribution in [0.15, 0.2) is 0 Å². The number of carbonyl (C=O) groups is 3. The van der Waals surface area contributed by atoms with Gasteiger partial charge in [-0.2, -0.15) is 0 Å². The predicted octanol–water partition coefficient (Wildman–Crippen LogP) is 0.497. The van der Waals surface area contributed by atoms with Crippen LogP contribution in [0.3, 0.4) is 0 Å². The zero-order chi connectivity index (χ0) is 15.3. The standard InChI is InChI=1S/C10H18N2O3S2.O.Tc/c1-7(13)2-3-8(12-10(15)6-17)4-11-9(14)5-16;;/h8H,2-6H2,1H3,(H4,11,12,14,15,16,17);;/q;;+4/p-4.